The van der Waals surface area contributed by atoms with Crippen LogP contribution in [0.5, 0.6) is 0 Å². The van der Waals surface area contributed by atoms with E-state index in [1.165, 1.54) is 37.6 Å². The number of benzene rings is 2. The standard InChI is InChI=1S/C27H29.Zr/c1-18(2)15-22(16-19(3)4)24-13-14-25-23-12-8-7-11-21(23)17-26(25)27(24)20-9-5-6-10-20;/h5-9,11-14,18-19H,10,15-16H2,1-4H3;/q-1;. The first-order chi connectivity index (χ1) is 13.0. The molecule has 0 fully saturated rings. The third kappa shape index (κ3) is 4.11. The Morgan fingerprint density at radius 3 is 2.29 bits per heavy atom. The Hall–Kier alpha value is -1.46. The molecule has 2 aliphatic rings. The van der Waals surface area contributed by atoms with E-state index >= 15 is 0 Å². The molecule has 2 aromatic rings. The van der Waals surface area contributed by atoms with Gasteiger partial charge in [-0.15, -0.1) is 33.4 Å². The van der Waals surface area contributed by atoms with E-state index in [2.05, 4.69) is 88.4 Å². The van der Waals surface area contributed by atoms with Gasteiger partial charge < -0.3 is 0 Å². The molecule has 0 spiro atoms. The fraction of sp³-hybridized carbons (Fsp3) is 0.333. The van der Waals surface area contributed by atoms with Crippen LogP contribution in [0.15, 0.2) is 54.6 Å². The van der Waals surface area contributed by atoms with Crippen molar-refractivity contribution < 1.29 is 26.2 Å². The topological polar surface area (TPSA) is 0 Å². The van der Waals surface area contributed by atoms with Crippen LogP contribution in [0.4, 0.5) is 0 Å². The molecular weight excluding hydrogens is 416 g/mol. The molecule has 0 nitrogen and oxygen atoms in total. The molecule has 2 aromatic carbocycles. The Balaban J connectivity index is 0.00000225. The van der Waals surface area contributed by atoms with Crippen molar-refractivity contribution in [2.45, 2.75) is 47.0 Å². The average Bonchev–Trinajstić information content (AvgIpc) is 3.27. The van der Waals surface area contributed by atoms with E-state index < -0.39 is 0 Å². The van der Waals surface area contributed by atoms with Crippen molar-refractivity contribution in [3.63, 3.8) is 0 Å². The van der Waals surface area contributed by atoms with Crippen LogP contribution in [-0.2, 0) is 26.2 Å². The van der Waals surface area contributed by atoms with Crippen LogP contribution in [0, 0.1) is 22.3 Å². The molecule has 0 saturated heterocycles. The summed E-state index contributed by atoms with van der Waals surface area (Å²) in [5, 5.41) is 5.34. The smallest absolute Gasteiger partial charge is 0 e. The summed E-state index contributed by atoms with van der Waals surface area (Å²) in [7, 11) is 0. The molecule has 4 rings (SSSR count). The first-order valence-corrected chi connectivity index (χ1v) is 10.3. The summed E-state index contributed by atoms with van der Waals surface area (Å²) in [5.74, 6) is 1.33. The second-order valence-corrected chi connectivity index (χ2v) is 8.70. The van der Waals surface area contributed by atoms with Gasteiger partial charge in [-0.1, -0.05) is 98.2 Å². The Labute approximate surface area is 188 Å². The first kappa shape index (κ1) is 21.3. The predicted molar refractivity (Wildman–Crippen MR) is 116 cm³/mol. The minimum Gasteiger partial charge on any atom is -0.123 e. The number of fused-ring (bicyclic) bond motifs is 2. The first-order valence-electron chi connectivity index (χ1n) is 10.3. The van der Waals surface area contributed by atoms with Crippen molar-refractivity contribution in [3.8, 4) is 0 Å². The Morgan fingerprint density at radius 1 is 0.929 bits per heavy atom. The molecule has 0 amide bonds. The minimum atomic E-state index is 0. The second-order valence-electron chi connectivity index (χ2n) is 8.70. The number of hydrogen-bond acceptors (Lipinski definition) is 0. The van der Waals surface area contributed by atoms with Crippen molar-refractivity contribution in [3.05, 3.63) is 86.6 Å². The molecule has 0 radical (unpaired) electrons. The molecule has 0 aliphatic heterocycles. The maximum absolute atomic E-state index is 3.74. The molecule has 0 unspecified atom stereocenters. The normalized spacial score (nSPS) is 13.9. The van der Waals surface area contributed by atoms with Crippen LogP contribution in [0.1, 0.15) is 58.1 Å². The molecule has 0 bridgehead atoms. The third-order valence-corrected chi connectivity index (χ3v) is 5.46. The van der Waals surface area contributed by atoms with Gasteiger partial charge in [0.1, 0.15) is 0 Å². The zero-order valence-corrected chi connectivity index (χ0v) is 19.9. The number of rotatable bonds is 5. The summed E-state index contributed by atoms with van der Waals surface area (Å²) in [5.41, 5.74) is 5.76. The predicted octanol–water partition coefficient (Wildman–Crippen LogP) is 5.58. The van der Waals surface area contributed by atoms with Gasteiger partial charge >= 0.3 is 0 Å². The van der Waals surface area contributed by atoms with Crippen molar-refractivity contribution in [2.75, 3.05) is 0 Å². The largest absolute Gasteiger partial charge is 0.123 e. The van der Waals surface area contributed by atoms with Crippen LogP contribution in [0.25, 0.3) is 17.2 Å². The minimum absolute atomic E-state index is 0. The van der Waals surface area contributed by atoms with Gasteiger partial charge in [0.05, 0.1) is 0 Å². The van der Waals surface area contributed by atoms with Crippen LogP contribution in [0.3, 0.4) is 0 Å². The molecule has 28 heavy (non-hydrogen) atoms. The Kier molecular flexibility index (Phi) is 6.77. The zero-order chi connectivity index (χ0) is 19.0. The van der Waals surface area contributed by atoms with Crippen LogP contribution >= 0.6 is 0 Å². The monoisotopic (exact) mass is 443 g/mol. The second kappa shape index (κ2) is 8.92. The maximum Gasteiger partial charge on any atom is 0 e. The fourth-order valence-electron chi connectivity index (χ4n) is 4.47. The van der Waals surface area contributed by atoms with Gasteiger partial charge in [0.2, 0.25) is 0 Å². The van der Waals surface area contributed by atoms with Crippen molar-refractivity contribution >= 4 is 17.2 Å². The number of allylic oxidation sites excluding steroid dienone is 4. The molecule has 2 aliphatic carbocycles. The third-order valence-electron chi connectivity index (χ3n) is 5.46. The van der Waals surface area contributed by atoms with Crippen LogP contribution in [0.2, 0.25) is 0 Å². The summed E-state index contributed by atoms with van der Waals surface area (Å²) in [4.78, 5) is 0. The van der Waals surface area contributed by atoms with Gasteiger partial charge in [0.15, 0.2) is 0 Å². The van der Waals surface area contributed by atoms with Crippen LogP contribution < -0.4 is 10.4 Å². The fourth-order valence-corrected chi connectivity index (χ4v) is 4.47. The summed E-state index contributed by atoms with van der Waals surface area (Å²) in [6.45, 7) is 9.32. The quantitative estimate of drug-likeness (QED) is 0.451. The number of hydrogen-bond donors (Lipinski definition) is 0. The summed E-state index contributed by atoms with van der Waals surface area (Å²) in [6.07, 6.45) is 13.9. The van der Waals surface area contributed by atoms with Gasteiger partial charge in [0, 0.05) is 26.2 Å². The van der Waals surface area contributed by atoms with E-state index in [1.807, 2.05) is 0 Å². The van der Waals surface area contributed by atoms with E-state index in [1.54, 1.807) is 5.57 Å². The molecule has 0 N–H and O–H groups in total. The van der Waals surface area contributed by atoms with Gasteiger partial charge in [0.25, 0.3) is 0 Å². The van der Waals surface area contributed by atoms with Gasteiger partial charge in [-0.25, -0.2) is 0 Å². The maximum atomic E-state index is 3.74. The van der Waals surface area contributed by atoms with Gasteiger partial charge in [-0.2, -0.15) is 0 Å². The Bertz CT molecular complexity index is 1130. The van der Waals surface area contributed by atoms with Gasteiger partial charge in [-0.3, -0.25) is 0 Å². The summed E-state index contributed by atoms with van der Waals surface area (Å²) >= 11 is 0. The molecule has 1 heteroatoms. The molecular formula is C27H29Zr-. The molecule has 0 aromatic heterocycles. The summed E-state index contributed by atoms with van der Waals surface area (Å²) in [6, 6.07) is 13.4. The van der Waals surface area contributed by atoms with Crippen molar-refractivity contribution in [2.24, 2.45) is 11.8 Å². The summed E-state index contributed by atoms with van der Waals surface area (Å²) < 4.78 is 0. The van der Waals surface area contributed by atoms with E-state index in [0.717, 1.165) is 19.3 Å². The Morgan fingerprint density at radius 2 is 1.64 bits per heavy atom. The molecule has 0 saturated carbocycles. The van der Waals surface area contributed by atoms with E-state index in [9.17, 15) is 0 Å². The average molecular weight is 445 g/mol. The van der Waals surface area contributed by atoms with Gasteiger partial charge in [-0.05, 0) is 31.1 Å². The zero-order valence-electron chi connectivity index (χ0n) is 17.5. The molecule has 142 valence electrons. The van der Waals surface area contributed by atoms with E-state index in [0.29, 0.717) is 11.8 Å². The van der Waals surface area contributed by atoms with E-state index in [4.69, 9.17) is 0 Å². The van der Waals surface area contributed by atoms with E-state index in [-0.39, 0.29) is 26.2 Å². The SMILES string of the molecule is CC(C)CC(CC(C)C)=c1ccc2c(c1C1=CC=CC1)[C-]=c1ccccc1=2.[Zr]. The van der Waals surface area contributed by atoms with Crippen LogP contribution in [-0.4, -0.2) is 0 Å². The molecule has 0 atom stereocenters. The molecule has 0 heterocycles. The van der Waals surface area contributed by atoms with Crippen molar-refractivity contribution in [1.82, 2.24) is 0 Å². The van der Waals surface area contributed by atoms with Crippen molar-refractivity contribution in [1.29, 1.82) is 0 Å².